The first-order valence-electron chi connectivity index (χ1n) is 5.68. The first-order chi connectivity index (χ1) is 8.69. The van der Waals surface area contributed by atoms with Crippen molar-refractivity contribution < 1.29 is 4.39 Å². The Hall–Kier alpha value is -1.85. The van der Waals surface area contributed by atoms with Gasteiger partial charge >= 0.3 is 0 Å². The molecule has 0 aliphatic heterocycles. The van der Waals surface area contributed by atoms with E-state index in [4.69, 9.17) is 5.84 Å². The number of nitrogens with zero attached hydrogens (tertiary/aromatic N) is 2. The smallest absolute Gasteiger partial charge is 0.123 e. The first kappa shape index (κ1) is 12.6. The SMILES string of the molecule is Cc1cnc(C(Cc2ccc(F)cc2)NN)cn1. The fraction of sp³-hybridized carbons (Fsp3) is 0.231. The number of aryl methyl sites for hydroxylation is 1. The Labute approximate surface area is 105 Å². The van der Waals surface area contributed by atoms with Crippen LogP contribution in [-0.4, -0.2) is 9.97 Å². The Morgan fingerprint density at radius 3 is 2.50 bits per heavy atom. The highest BCUT2D eigenvalue weighted by molar-refractivity contribution is 5.19. The van der Waals surface area contributed by atoms with E-state index in [-0.39, 0.29) is 11.9 Å². The highest BCUT2D eigenvalue weighted by atomic mass is 19.1. The molecule has 0 aliphatic rings. The van der Waals surface area contributed by atoms with Gasteiger partial charge in [0, 0.05) is 6.20 Å². The molecule has 2 aromatic rings. The lowest BCUT2D eigenvalue weighted by molar-refractivity contribution is 0.535. The number of hydrogen-bond donors (Lipinski definition) is 2. The van der Waals surface area contributed by atoms with E-state index >= 15 is 0 Å². The Bertz CT molecular complexity index is 495. The summed E-state index contributed by atoms with van der Waals surface area (Å²) < 4.78 is 12.8. The molecule has 18 heavy (non-hydrogen) atoms. The number of hydrogen-bond acceptors (Lipinski definition) is 4. The molecule has 0 bridgehead atoms. The summed E-state index contributed by atoms with van der Waals surface area (Å²) in [4.78, 5) is 8.47. The number of nitrogens with two attached hydrogens (primary N) is 1. The van der Waals surface area contributed by atoms with Crippen LogP contribution < -0.4 is 11.3 Å². The molecule has 1 unspecified atom stereocenters. The van der Waals surface area contributed by atoms with Gasteiger partial charge in [-0.3, -0.25) is 21.2 Å². The van der Waals surface area contributed by atoms with Crippen LogP contribution in [-0.2, 0) is 6.42 Å². The van der Waals surface area contributed by atoms with Gasteiger partial charge in [0.1, 0.15) is 5.82 Å². The zero-order chi connectivity index (χ0) is 13.0. The second-order valence-electron chi connectivity index (χ2n) is 4.13. The summed E-state index contributed by atoms with van der Waals surface area (Å²) in [5, 5.41) is 0. The van der Waals surface area contributed by atoms with Gasteiger partial charge in [-0.1, -0.05) is 12.1 Å². The molecule has 0 amide bonds. The molecule has 94 valence electrons. The summed E-state index contributed by atoms with van der Waals surface area (Å²) >= 11 is 0. The van der Waals surface area contributed by atoms with Crippen LogP contribution >= 0.6 is 0 Å². The molecule has 0 aliphatic carbocycles. The number of benzene rings is 1. The van der Waals surface area contributed by atoms with E-state index in [2.05, 4.69) is 15.4 Å². The summed E-state index contributed by atoms with van der Waals surface area (Å²) in [6, 6.07) is 6.21. The van der Waals surface area contributed by atoms with Crippen molar-refractivity contribution in [2.75, 3.05) is 0 Å². The maximum atomic E-state index is 12.8. The molecule has 0 radical (unpaired) electrons. The highest BCUT2D eigenvalue weighted by Crippen LogP contribution is 2.15. The van der Waals surface area contributed by atoms with Crippen LogP contribution in [0, 0.1) is 12.7 Å². The van der Waals surface area contributed by atoms with Gasteiger partial charge in [-0.2, -0.15) is 0 Å². The second kappa shape index (κ2) is 5.66. The molecule has 5 heteroatoms. The fourth-order valence-electron chi connectivity index (χ4n) is 1.69. The Morgan fingerprint density at radius 2 is 1.94 bits per heavy atom. The zero-order valence-corrected chi connectivity index (χ0v) is 10.1. The molecule has 0 fully saturated rings. The second-order valence-corrected chi connectivity index (χ2v) is 4.13. The van der Waals surface area contributed by atoms with Gasteiger partial charge in [0.25, 0.3) is 0 Å². The topological polar surface area (TPSA) is 63.8 Å². The van der Waals surface area contributed by atoms with E-state index in [1.165, 1.54) is 12.1 Å². The van der Waals surface area contributed by atoms with Crippen molar-refractivity contribution >= 4 is 0 Å². The lowest BCUT2D eigenvalue weighted by atomic mass is 10.0. The van der Waals surface area contributed by atoms with Crippen LogP contribution in [0.1, 0.15) is 23.0 Å². The van der Waals surface area contributed by atoms with Crippen molar-refractivity contribution in [2.45, 2.75) is 19.4 Å². The van der Waals surface area contributed by atoms with E-state index in [0.29, 0.717) is 6.42 Å². The minimum Gasteiger partial charge on any atom is -0.271 e. The van der Waals surface area contributed by atoms with Crippen LogP contribution in [0.25, 0.3) is 0 Å². The number of nitrogens with one attached hydrogen (secondary N) is 1. The third-order valence-electron chi connectivity index (χ3n) is 2.71. The van der Waals surface area contributed by atoms with E-state index in [1.807, 2.05) is 6.92 Å². The van der Waals surface area contributed by atoms with Crippen molar-refractivity contribution in [1.29, 1.82) is 0 Å². The summed E-state index contributed by atoms with van der Waals surface area (Å²) in [7, 11) is 0. The van der Waals surface area contributed by atoms with Gasteiger partial charge in [0.05, 0.1) is 23.6 Å². The van der Waals surface area contributed by atoms with E-state index in [0.717, 1.165) is 17.0 Å². The lowest BCUT2D eigenvalue weighted by Crippen LogP contribution is -2.30. The third-order valence-corrected chi connectivity index (χ3v) is 2.71. The molecule has 1 heterocycles. The van der Waals surface area contributed by atoms with Gasteiger partial charge in [0.2, 0.25) is 0 Å². The van der Waals surface area contributed by atoms with Crippen molar-refractivity contribution in [2.24, 2.45) is 5.84 Å². The van der Waals surface area contributed by atoms with Gasteiger partial charge in [-0.15, -0.1) is 0 Å². The molecule has 1 aromatic heterocycles. The summed E-state index contributed by atoms with van der Waals surface area (Å²) in [5.41, 5.74) is 5.32. The van der Waals surface area contributed by atoms with Crippen LogP contribution in [0.3, 0.4) is 0 Å². The number of rotatable bonds is 4. The van der Waals surface area contributed by atoms with Crippen molar-refractivity contribution in [3.63, 3.8) is 0 Å². The lowest BCUT2D eigenvalue weighted by Gasteiger charge is -2.15. The summed E-state index contributed by atoms with van der Waals surface area (Å²) in [5.74, 6) is 5.28. The summed E-state index contributed by atoms with van der Waals surface area (Å²) in [6.45, 7) is 1.88. The van der Waals surface area contributed by atoms with Gasteiger partial charge in [0.15, 0.2) is 0 Å². The fourth-order valence-corrected chi connectivity index (χ4v) is 1.69. The van der Waals surface area contributed by atoms with Crippen molar-refractivity contribution in [1.82, 2.24) is 15.4 Å². The normalized spacial score (nSPS) is 12.4. The average molecular weight is 246 g/mol. The molecule has 2 rings (SSSR count). The standard InChI is InChI=1S/C13H15FN4/c1-9-7-17-13(8-16-9)12(18-15)6-10-2-4-11(14)5-3-10/h2-5,7-8,12,18H,6,15H2,1H3. The molecule has 0 spiro atoms. The molecule has 1 atom stereocenters. The molecular formula is C13H15FN4. The van der Waals surface area contributed by atoms with Crippen molar-refractivity contribution in [3.8, 4) is 0 Å². The number of aromatic nitrogens is 2. The average Bonchev–Trinajstić information content (AvgIpc) is 2.39. The molecular weight excluding hydrogens is 231 g/mol. The minimum absolute atomic E-state index is 0.136. The Kier molecular flexibility index (Phi) is 3.96. The highest BCUT2D eigenvalue weighted by Gasteiger charge is 2.12. The number of hydrazine groups is 1. The monoisotopic (exact) mass is 246 g/mol. The largest absolute Gasteiger partial charge is 0.271 e. The van der Waals surface area contributed by atoms with E-state index < -0.39 is 0 Å². The molecule has 3 N–H and O–H groups in total. The van der Waals surface area contributed by atoms with E-state index in [9.17, 15) is 4.39 Å². The van der Waals surface area contributed by atoms with Crippen molar-refractivity contribution in [3.05, 3.63) is 59.4 Å². The van der Waals surface area contributed by atoms with Gasteiger partial charge in [-0.25, -0.2) is 4.39 Å². The Balaban J connectivity index is 2.14. The van der Waals surface area contributed by atoms with Crippen LogP contribution in [0.4, 0.5) is 4.39 Å². The first-order valence-corrected chi connectivity index (χ1v) is 5.68. The number of halogens is 1. The molecule has 1 aromatic carbocycles. The van der Waals surface area contributed by atoms with Gasteiger partial charge < -0.3 is 0 Å². The maximum absolute atomic E-state index is 12.8. The van der Waals surface area contributed by atoms with Crippen LogP contribution in [0.2, 0.25) is 0 Å². The van der Waals surface area contributed by atoms with Gasteiger partial charge in [-0.05, 0) is 31.0 Å². The Morgan fingerprint density at radius 1 is 1.22 bits per heavy atom. The molecule has 0 saturated heterocycles. The summed E-state index contributed by atoms with van der Waals surface area (Å²) in [6.07, 6.45) is 4.03. The molecule has 4 nitrogen and oxygen atoms in total. The third kappa shape index (κ3) is 3.09. The van der Waals surface area contributed by atoms with Crippen LogP contribution in [0.15, 0.2) is 36.7 Å². The predicted molar refractivity (Wildman–Crippen MR) is 66.9 cm³/mol. The minimum atomic E-state index is -0.244. The van der Waals surface area contributed by atoms with Crippen LogP contribution in [0.5, 0.6) is 0 Å². The molecule has 0 saturated carbocycles. The zero-order valence-electron chi connectivity index (χ0n) is 10.1. The predicted octanol–water partition coefficient (Wildman–Crippen LogP) is 1.67. The maximum Gasteiger partial charge on any atom is 0.123 e. The van der Waals surface area contributed by atoms with E-state index in [1.54, 1.807) is 24.5 Å². The quantitative estimate of drug-likeness (QED) is 0.636.